The lowest BCUT2D eigenvalue weighted by Gasteiger charge is -1.97. The molecule has 0 heterocycles. The maximum Gasteiger partial charge on any atom is 0.207 e. The molecule has 2 aromatic rings. The number of aliphatic imine (C=N–C) groups is 1. The Morgan fingerprint density at radius 3 is 1.74 bits per heavy atom. The first-order valence-corrected chi connectivity index (χ1v) is 5.97. The minimum absolute atomic E-state index is 0.00255. The number of halogens is 4. The van der Waals surface area contributed by atoms with Gasteiger partial charge in [-0.05, 0) is 24.3 Å². The highest BCUT2D eigenvalue weighted by Gasteiger charge is 1.99. The third-order valence-electron chi connectivity index (χ3n) is 2.17. The summed E-state index contributed by atoms with van der Waals surface area (Å²) in [7, 11) is 0. The standard InChI is InChI=1S/C8H6F2N4.C6H5F2N/c9-5-1-6(10)3-7(2-5)14-8(12)13-4-11;7-4-1-5(8)3-6(9)2-4/h1-3H,(H3,12,13,14);1-3H,9H2. The lowest BCUT2D eigenvalue weighted by atomic mass is 10.3. The molecule has 0 saturated heterocycles. The topological polar surface area (TPSA) is 100 Å². The van der Waals surface area contributed by atoms with E-state index in [1.807, 2.05) is 5.32 Å². The molecule has 0 radical (unpaired) electrons. The van der Waals surface area contributed by atoms with E-state index in [0.29, 0.717) is 6.07 Å². The molecule has 0 spiro atoms. The zero-order valence-corrected chi connectivity index (χ0v) is 11.5. The molecule has 0 aromatic heterocycles. The predicted octanol–water partition coefficient (Wildman–Crippen LogP) is 2.53. The summed E-state index contributed by atoms with van der Waals surface area (Å²) in [5.41, 5.74) is 10.4. The number of benzene rings is 2. The Kier molecular flexibility index (Phi) is 6.36. The quantitative estimate of drug-likeness (QED) is 0.187. The van der Waals surface area contributed by atoms with Gasteiger partial charge in [0.2, 0.25) is 5.96 Å². The molecular weight excluding hydrogens is 314 g/mol. The van der Waals surface area contributed by atoms with Gasteiger partial charge in [0.05, 0.1) is 5.69 Å². The fourth-order valence-electron chi connectivity index (χ4n) is 1.40. The molecule has 120 valence electrons. The monoisotopic (exact) mass is 325 g/mol. The van der Waals surface area contributed by atoms with E-state index in [1.54, 1.807) is 0 Å². The van der Waals surface area contributed by atoms with Gasteiger partial charge in [-0.1, -0.05) is 0 Å². The highest BCUT2D eigenvalue weighted by molar-refractivity contribution is 5.82. The lowest BCUT2D eigenvalue weighted by Crippen LogP contribution is -2.26. The fraction of sp³-hybridized carbons (Fsp3) is 0. The second-order valence-corrected chi connectivity index (χ2v) is 4.06. The van der Waals surface area contributed by atoms with E-state index in [9.17, 15) is 17.6 Å². The summed E-state index contributed by atoms with van der Waals surface area (Å²) in [5, 5.41) is 10.2. The molecule has 0 unspecified atom stereocenters. The third-order valence-corrected chi connectivity index (χ3v) is 2.17. The first kappa shape index (κ1) is 17.8. The molecule has 0 aliphatic heterocycles. The van der Waals surface area contributed by atoms with Gasteiger partial charge in [-0.15, -0.1) is 0 Å². The second kappa shape index (κ2) is 8.23. The van der Waals surface area contributed by atoms with E-state index in [4.69, 9.17) is 16.7 Å². The normalized spacial score (nSPS) is 10.3. The molecule has 9 heteroatoms. The smallest absolute Gasteiger partial charge is 0.207 e. The molecule has 23 heavy (non-hydrogen) atoms. The number of hydrogen-bond acceptors (Lipinski definition) is 3. The van der Waals surface area contributed by atoms with Crippen LogP contribution < -0.4 is 16.8 Å². The molecule has 0 amide bonds. The molecule has 0 fully saturated rings. The molecule has 0 saturated carbocycles. The zero-order valence-electron chi connectivity index (χ0n) is 11.5. The van der Waals surface area contributed by atoms with Crippen LogP contribution in [-0.4, -0.2) is 5.96 Å². The third kappa shape index (κ3) is 6.81. The van der Waals surface area contributed by atoms with Crippen molar-refractivity contribution in [1.82, 2.24) is 5.32 Å². The Balaban J connectivity index is 0.000000253. The van der Waals surface area contributed by atoms with Gasteiger partial charge in [-0.3, -0.25) is 5.32 Å². The van der Waals surface area contributed by atoms with Crippen molar-refractivity contribution >= 4 is 17.3 Å². The Labute approximate surface area is 128 Å². The van der Waals surface area contributed by atoms with Crippen molar-refractivity contribution in [2.75, 3.05) is 5.73 Å². The van der Waals surface area contributed by atoms with Crippen LogP contribution in [-0.2, 0) is 0 Å². The number of nitrogens with one attached hydrogen (secondary N) is 1. The molecule has 2 rings (SSSR count). The van der Waals surface area contributed by atoms with Gasteiger partial charge in [0, 0.05) is 17.8 Å². The number of guanidine groups is 1. The fourth-order valence-corrected chi connectivity index (χ4v) is 1.40. The number of nitrogens with zero attached hydrogens (tertiary/aromatic N) is 2. The van der Waals surface area contributed by atoms with Crippen molar-refractivity contribution in [3.05, 3.63) is 59.7 Å². The van der Waals surface area contributed by atoms with Crippen LogP contribution in [0.5, 0.6) is 0 Å². The van der Waals surface area contributed by atoms with Crippen molar-refractivity contribution < 1.29 is 17.6 Å². The summed E-state index contributed by atoms with van der Waals surface area (Å²) in [6.45, 7) is 0. The van der Waals surface area contributed by atoms with Crippen molar-refractivity contribution in [2.45, 2.75) is 0 Å². The summed E-state index contributed by atoms with van der Waals surface area (Å²) < 4.78 is 49.5. The Morgan fingerprint density at radius 2 is 1.35 bits per heavy atom. The average Bonchev–Trinajstić information content (AvgIpc) is 2.36. The van der Waals surface area contributed by atoms with Crippen LogP contribution in [0, 0.1) is 34.7 Å². The zero-order chi connectivity index (χ0) is 17.4. The van der Waals surface area contributed by atoms with E-state index in [1.165, 1.54) is 6.19 Å². The van der Waals surface area contributed by atoms with Crippen molar-refractivity contribution in [2.24, 2.45) is 10.7 Å². The minimum atomic E-state index is -0.756. The number of rotatable bonds is 1. The summed E-state index contributed by atoms with van der Waals surface area (Å²) in [5.74, 6) is -3.03. The van der Waals surface area contributed by atoms with Gasteiger partial charge in [-0.2, -0.15) is 5.26 Å². The number of hydrogen-bond donors (Lipinski definition) is 3. The molecule has 0 aliphatic carbocycles. The molecule has 0 bridgehead atoms. The van der Waals surface area contributed by atoms with E-state index >= 15 is 0 Å². The lowest BCUT2D eigenvalue weighted by molar-refractivity contribution is 0.583. The Hall–Kier alpha value is -3.28. The SMILES string of the molecule is N#CNC(N)=Nc1cc(F)cc(F)c1.Nc1cc(F)cc(F)c1. The van der Waals surface area contributed by atoms with Crippen LogP contribution in [0.2, 0.25) is 0 Å². The Morgan fingerprint density at radius 1 is 0.913 bits per heavy atom. The number of nitrogens with two attached hydrogens (primary N) is 2. The number of nitriles is 1. The van der Waals surface area contributed by atoms with E-state index in [-0.39, 0.29) is 17.3 Å². The largest absolute Gasteiger partial charge is 0.399 e. The van der Waals surface area contributed by atoms with Crippen LogP contribution >= 0.6 is 0 Å². The van der Waals surface area contributed by atoms with Crippen LogP contribution in [0.1, 0.15) is 0 Å². The van der Waals surface area contributed by atoms with Gasteiger partial charge in [0.1, 0.15) is 23.3 Å². The first-order valence-electron chi connectivity index (χ1n) is 5.97. The molecule has 2 aromatic carbocycles. The van der Waals surface area contributed by atoms with Crippen molar-refractivity contribution in [3.63, 3.8) is 0 Å². The maximum absolute atomic E-state index is 12.6. The average molecular weight is 325 g/mol. The molecule has 5 N–H and O–H groups in total. The maximum atomic E-state index is 12.6. The van der Waals surface area contributed by atoms with Crippen LogP contribution in [0.3, 0.4) is 0 Å². The van der Waals surface area contributed by atoms with Gasteiger partial charge >= 0.3 is 0 Å². The highest BCUT2D eigenvalue weighted by Crippen LogP contribution is 2.15. The van der Waals surface area contributed by atoms with Gasteiger partial charge in [0.15, 0.2) is 6.19 Å². The van der Waals surface area contributed by atoms with E-state index in [2.05, 4.69) is 4.99 Å². The highest BCUT2D eigenvalue weighted by atomic mass is 19.1. The van der Waals surface area contributed by atoms with Crippen molar-refractivity contribution in [3.8, 4) is 6.19 Å². The summed E-state index contributed by atoms with van der Waals surface area (Å²) >= 11 is 0. The Bertz CT molecular complexity index is 685. The molecule has 5 nitrogen and oxygen atoms in total. The summed E-state index contributed by atoms with van der Waals surface area (Å²) in [6.07, 6.45) is 1.52. The van der Waals surface area contributed by atoms with Crippen LogP contribution in [0.15, 0.2) is 41.4 Å². The molecular formula is C14H11F4N5. The van der Waals surface area contributed by atoms with Crippen molar-refractivity contribution in [1.29, 1.82) is 5.26 Å². The molecule has 0 aliphatic rings. The van der Waals surface area contributed by atoms with Gasteiger partial charge in [0.25, 0.3) is 0 Å². The summed E-state index contributed by atoms with van der Waals surface area (Å²) in [6, 6.07) is 5.60. The van der Waals surface area contributed by atoms with Gasteiger partial charge < -0.3 is 11.5 Å². The first-order chi connectivity index (χ1) is 10.8. The minimum Gasteiger partial charge on any atom is -0.399 e. The second-order valence-electron chi connectivity index (χ2n) is 4.06. The summed E-state index contributed by atoms with van der Waals surface area (Å²) in [4.78, 5) is 3.55. The predicted molar refractivity (Wildman–Crippen MR) is 77.2 cm³/mol. The van der Waals surface area contributed by atoms with Crippen LogP contribution in [0.4, 0.5) is 28.9 Å². The number of anilines is 1. The molecule has 0 atom stereocenters. The number of nitrogen functional groups attached to an aromatic ring is 1. The van der Waals surface area contributed by atoms with Crippen LogP contribution in [0.25, 0.3) is 0 Å². The van der Waals surface area contributed by atoms with E-state index < -0.39 is 23.3 Å². The van der Waals surface area contributed by atoms with E-state index in [0.717, 1.165) is 30.3 Å². The van der Waals surface area contributed by atoms with Gasteiger partial charge in [-0.25, -0.2) is 22.6 Å².